The van der Waals surface area contributed by atoms with Gasteiger partial charge in [0.1, 0.15) is 0 Å². The number of rotatable bonds is 3. The second kappa shape index (κ2) is 6.46. The number of nitrogens with one attached hydrogen (secondary N) is 1. The van der Waals surface area contributed by atoms with Crippen LogP contribution in [0.4, 0.5) is 5.69 Å². The molecule has 1 N–H and O–H groups in total. The summed E-state index contributed by atoms with van der Waals surface area (Å²) in [6, 6.07) is 3.83. The van der Waals surface area contributed by atoms with E-state index in [0.29, 0.717) is 0 Å². The van der Waals surface area contributed by atoms with Crippen molar-refractivity contribution in [1.29, 1.82) is 0 Å². The molecule has 1 amide bonds. The molecule has 1 aromatic rings. The van der Waals surface area contributed by atoms with Crippen molar-refractivity contribution in [1.82, 2.24) is 0 Å². The molecule has 0 aliphatic heterocycles. The Morgan fingerprint density at radius 2 is 1.70 bits per heavy atom. The van der Waals surface area contributed by atoms with Crippen LogP contribution in [0.25, 0.3) is 0 Å². The van der Waals surface area contributed by atoms with Crippen LogP contribution in [0.3, 0.4) is 0 Å². The minimum absolute atomic E-state index is 0.0246. The van der Waals surface area contributed by atoms with Crippen molar-refractivity contribution in [3.8, 4) is 0 Å². The lowest BCUT2D eigenvalue weighted by Gasteiger charge is -2.10. The molecule has 0 unspecified atom stereocenters. The van der Waals surface area contributed by atoms with E-state index in [0.717, 1.165) is 6.92 Å². The van der Waals surface area contributed by atoms with E-state index in [9.17, 15) is 19.2 Å². The van der Waals surface area contributed by atoms with E-state index in [1.54, 1.807) is 0 Å². The fourth-order valence-corrected chi connectivity index (χ4v) is 1.44. The Morgan fingerprint density at radius 1 is 1.05 bits per heavy atom. The number of carbonyl (C=O) groups is 4. The topological polar surface area (TPSA) is 98.8 Å². The van der Waals surface area contributed by atoms with E-state index in [1.807, 2.05) is 0 Å². The van der Waals surface area contributed by atoms with Gasteiger partial charge >= 0.3 is 17.9 Å². The lowest BCUT2D eigenvalue weighted by molar-refractivity contribution is -0.135. The van der Waals surface area contributed by atoms with Crippen LogP contribution in [0.5, 0.6) is 0 Å². The molecule has 0 bridgehead atoms. The molecule has 0 saturated heterocycles. The fraction of sp³-hybridized carbons (Fsp3) is 0.231. The molecule has 0 saturated carbocycles. The highest BCUT2D eigenvalue weighted by molar-refractivity contribution is 6.04. The largest absolute Gasteiger partial charge is 0.465 e. The third-order valence-electron chi connectivity index (χ3n) is 2.21. The van der Waals surface area contributed by atoms with Crippen LogP contribution >= 0.6 is 0 Å². The van der Waals surface area contributed by atoms with Crippen molar-refractivity contribution >= 4 is 29.5 Å². The van der Waals surface area contributed by atoms with Crippen molar-refractivity contribution < 1.29 is 28.7 Å². The Kier molecular flexibility index (Phi) is 4.96. The van der Waals surface area contributed by atoms with Gasteiger partial charge in [-0.15, -0.1) is 0 Å². The zero-order valence-electron chi connectivity index (χ0n) is 11.2. The van der Waals surface area contributed by atoms with Crippen molar-refractivity contribution in [3.63, 3.8) is 0 Å². The lowest BCUT2D eigenvalue weighted by Crippen LogP contribution is -2.14. The molecule has 0 heterocycles. The minimum atomic E-state index is -0.875. The molecular weight excluding hydrogens is 266 g/mol. The second-order valence-corrected chi connectivity index (χ2v) is 3.81. The van der Waals surface area contributed by atoms with E-state index in [1.165, 1.54) is 32.2 Å². The Hall–Kier alpha value is -2.70. The van der Waals surface area contributed by atoms with Gasteiger partial charge in [-0.25, -0.2) is 9.59 Å². The predicted molar refractivity (Wildman–Crippen MR) is 68.2 cm³/mol. The van der Waals surface area contributed by atoms with Crippen LogP contribution in [-0.4, -0.2) is 30.9 Å². The van der Waals surface area contributed by atoms with E-state index >= 15 is 0 Å². The summed E-state index contributed by atoms with van der Waals surface area (Å²) in [5.74, 6) is -2.72. The number of amides is 1. The summed E-state index contributed by atoms with van der Waals surface area (Å²) in [5, 5.41) is 2.40. The highest BCUT2D eigenvalue weighted by Crippen LogP contribution is 2.19. The molecular formula is C13H13NO6. The average molecular weight is 279 g/mol. The SMILES string of the molecule is COC(=O)c1ccc(C(=O)OC(C)=O)cc1NC(C)=O. The van der Waals surface area contributed by atoms with E-state index in [-0.39, 0.29) is 16.8 Å². The number of anilines is 1. The van der Waals surface area contributed by atoms with Gasteiger partial charge in [0, 0.05) is 13.8 Å². The Labute approximate surface area is 114 Å². The molecule has 0 aromatic heterocycles. The number of ether oxygens (including phenoxy) is 2. The number of hydrogen-bond donors (Lipinski definition) is 1. The van der Waals surface area contributed by atoms with Crippen LogP contribution in [-0.2, 0) is 19.1 Å². The number of esters is 3. The molecule has 0 atom stereocenters. The van der Waals surface area contributed by atoms with Crippen LogP contribution in [0, 0.1) is 0 Å². The maximum Gasteiger partial charge on any atom is 0.345 e. The maximum atomic E-state index is 11.6. The maximum absolute atomic E-state index is 11.6. The molecule has 0 aliphatic rings. The molecule has 0 fully saturated rings. The average Bonchev–Trinajstić information content (AvgIpc) is 2.36. The normalized spacial score (nSPS) is 9.55. The number of methoxy groups -OCH3 is 1. The molecule has 0 spiro atoms. The Bertz CT molecular complexity index is 578. The zero-order valence-corrected chi connectivity index (χ0v) is 11.2. The number of carbonyl (C=O) groups excluding carboxylic acids is 4. The first-order valence-corrected chi connectivity index (χ1v) is 5.58. The van der Waals surface area contributed by atoms with Gasteiger partial charge in [-0.1, -0.05) is 0 Å². The first-order valence-electron chi connectivity index (χ1n) is 5.58. The lowest BCUT2D eigenvalue weighted by atomic mass is 10.1. The summed E-state index contributed by atoms with van der Waals surface area (Å²) in [7, 11) is 1.19. The van der Waals surface area contributed by atoms with Gasteiger partial charge in [-0.3, -0.25) is 9.59 Å². The van der Waals surface area contributed by atoms with Gasteiger partial charge in [-0.2, -0.15) is 0 Å². The standard InChI is InChI=1S/C13H13NO6/c1-7(15)14-11-6-9(12(17)20-8(2)16)4-5-10(11)13(18)19-3/h4-6H,1-3H3,(H,14,15). The number of benzene rings is 1. The third kappa shape index (κ3) is 3.91. The Balaban J connectivity index is 3.19. The summed E-state index contributed by atoms with van der Waals surface area (Å²) in [6.07, 6.45) is 0. The fourth-order valence-electron chi connectivity index (χ4n) is 1.44. The van der Waals surface area contributed by atoms with Crippen LogP contribution in [0.2, 0.25) is 0 Å². The Morgan fingerprint density at radius 3 is 2.20 bits per heavy atom. The summed E-state index contributed by atoms with van der Waals surface area (Å²) >= 11 is 0. The van der Waals surface area contributed by atoms with Gasteiger partial charge in [0.25, 0.3) is 0 Å². The molecule has 0 radical (unpaired) electrons. The molecule has 7 heteroatoms. The molecule has 106 valence electrons. The quantitative estimate of drug-likeness (QED) is 0.658. The summed E-state index contributed by atoms with van der Waals surface area (Å²) in [4.78, 5) is 44.9. The summed E-state index contributed by atoms with van der Waals surface area (Å²) < 4.78 is 8.98. The van der Waals surface area contributed by atoms with Crippen molar-refractivity contribution in [2.45, 2.75) is 13.8 Å². The van der Waals surface area contributed by atoms with Crippen LogP contribution in [0.15, 0.2) is 18.2 Å². The highest BCUT2D eigenvalue weighted by Gasteiger charge is 2.17. The van der Waals surface area contributed by atoms with Gasteiger partial charge < -0.3 is 14.8 Å². The van der Waals surface area contributed by atoms with E-state index in [4.69, 9.17) is 0 Å². The van der Waals surface area contributed by atoms with Crippen molar-refractivity contribution in [2.75, 3.05) is 12.4 Å². The van der Waals surface area contributed by atoms with Crippen molar-refractivity contribution in [2.24, 2.45) is 0 Å². The number of hydrogen-bond acceptors (Lipinski definition) is 6. The van der Waals surface area contributed by atoms with Crippen LogP contribution < -0.4 is 5.32 Å². The molecule has 0 aliphatic carbocycles. The smallest absolute Gasteiger partial charge is 0.345 e. The van der Waals surface area contributed by atoms with Gasteiger partial charge in [0.2, 0.25) is 5.91 Å². The van der Waals surface area contributed by atoms with Crippen molar-refractivity contribution in [3.05, 3.63) is 29.3 Å². The predicted octanol–water partition coefficient (Wildman–Crippen LogP) is 1.13. The van der Waals surface area contributed by atoms with Crippen LogP contribution in [0.1, 0.15) is 34.6 Å². The molecule has 1 aromatic carbocycles. The molecule has 20 heavy (non-hydrogen) atoms. The van der Waals surface area contributed by atoms with E-state index < -0.39 is 23.8 Å². The highest BCUT2D eigenvalue weighted by atomic mass is 16.6. The van der Waals surface area contributed by atoms with Gasteiger partial charge in [0.15, 0.2) is 0 Å². The summed E-state index contributed by atoms with van der Waals surface area (Å²) in [6.45, 7) is 2.34. The summed E-state index contributed by atoms with van der Waals surface area (Å²) in [5.41, 5.74) is 0.209. The third-order valence-corrected chi connectivity index (χ3v) is 2.21. The first-order chi connectivity index (χ1) is 9.35. The molecule has 1 rings (SSSR count). The minimum Gasteiger partial charge on any atom is -0.465 e. The van der Waals surface area contributed by atoms with Gasteiger partial charge in [-0.05, 0) is 18.2 Å². The zero-order chi connectivity index (χ0) is 15.3. The first kappa shape index (κ1) is 15.4. The second-order valence-electron chi connectivity index (χ2n) is 3.81. The molecule has 7 nitrogen and oxygen atoms in total. The monoisotopic (exact) mass is 279 g/mol. The van der Waals surface area contributed by atoms with Gasteiger partial charge in [0.05, 0.1) is 23.9 Å². The van der Waals surface area contributed by atoms with E-state index in [2.05, 4.69) is 14.8 Å².